The van der Waals surface area contributed by atoms with Crippen molar-refractivity contribution in [3.8, 4) is 0 Å². The molecule has 1 atom stereocenters. The fraction of sp³-hybridized carbons (Fsp3) is 0.438. The fourth-order valence-electron chi connectivity index (χ4n) is 5.46. The van der Waals surface area contributed by atoms with E-state index in [0.717, 1.165) is 42.6 Å². The van der Waals surface area contributed by atoms with Crippen molar-refractivity contribution in [1.82, 2.24) is 4.90 Å². The van der Waals surface area contributed by atoms with Crippen molar-refractivity contribution in [1.29, 1.82) is 0 Å². The Morgan fingerprint density at radius 1 is 0.600 bits per heavy atom. The van der Waals surface area contributed by atoms with Crippen LogP contribution in [0, 0.1) is 0 Å². The maximum Gasteiger partial charge on any atom is 0.144 e. The van der Waals surface area contributed by atoms with E-state index in [9.17, 15) is 10.2 Å². The number of nitrogens with zero attached hydrogens (tertiary/aromatic N) is 1. The van der Waals surface area contributed by atoms with Gasteiger partial charge in [-0.1, -0.05) is 112 Å². The van der Waals surface area contributed by atoms with Crippen LogP contribution in [0.15, 0.2) is 84.9 Å². The molecule has 1 fully saturated rings. The number of aliphatic hydroxyl groups is 2. The zero-order valence-corrected chi connectivity index (χ0v) is 21.6. The Kier molecular flexibility index (Phi) is 7.80. The van der Waals surface area contributed by atoms with Gasteiger partial charge >= 0.3 is 0 Å². The molecule has 3 heteroatoms. The highest BCUT2D eigenvalue weighted by Gasteiger charge is 2.38. The summed E-state index contributed by atoms with van der Waals surface area (Å²) in [6.45, 7) is 8.45. The third-order valence-corrected chi connectivity index (χ3v) is 7.66. The maximum atomic E-state index is 12.2. The van der Waals surface area contributed by atoms with Gasteiger partial charge in [0.25, 0.3) is 0 Å². The van der Waals surface area contributed by atoms with E-state index in [1.807, 2.05) is 60.7 Å². The van der Waals surface area contributed by atoms with Crippen LogP contribution in [0.1, 0.15) is 81.5 Å². The quantitative estimate of drug-likeness (QED) is 0.383. The lowest BCUT2D eigenvalue weighted by atomic mass is 9.80. The molecule has 3 aromatic carbocycles. The summed E-state index contributed by atoms with van der Waals surface area (Å²) in [6.07, 6.45) is 5.24. The van der Waals surface area contributed by atoms with Crippen LogP contribution in [-0.4, -0.2) is 28.2 Å². The number of hydrogen-bond acceptors (Lipinski definition) is 3. The lowest BCUT2D eigenvalue weighted by molar-refractivity contribution is -0.132. The standard InChI is InChI=1S/C32H41NO2/c1-30(2,3)26-18-20-29(21-19-26)32(35,33-24-11-6-12-25-33)23-13-22-31(34,27-14-7-4-8-15-27)28-16-9-5-10-17-28/h4-5,7-10,14-21,34-35H,6,11-13,22-25H2,1-3H3. The van der Waals surface area contributed by atoms with Gasteiger partial charge in [-0.3, -0.25) is 4.90 Å². The van der Waals surface area contributed by atoms with Crippen LogP contribution in [0.4, 0.5) is 0 Å². The fourth-order valence-corrected chi connectivity index (χ4v) is 5.46. The zero-order chi connectivity index (χ0) is 24.9. The molecular formula is C32H41NO2. The second-order valence-electron chi connectivity index (χ2n) is 11.1. The molecule has 1 aliphatic rings. The minimum atomic E-state index is -1.10. The molecule has 1 unspecified atom stereocenters. The molecule has 186 valence electrons. The molecule has 2 N–H and O–H groups in total. The molecule has 4 rings (SSSR count). The number of hydrogen-bond donors (Lipinski definition) is 2. The van der Waals surface area contributed by atoms with Crippen LogP contribution >= 0.6 is 0 Å². The van der Waals surface area contributed by atoms with Crippen molar-refractivity contribution in [3.63, 3.8) is 0 Å². The Hall–Kier alpha value is -2.46. The summed E-state index contributed by atoms with van der Waals surface area (Å²) in [5.41, 5.74) is 1.94. The summed E-state index contributed by atoms with van der Waals surface area (Å²) in [6, 6.07) is 28.4. The van der Waals surface area contributed by atoms with E-state index in [-0.39, 0.29) is 5.41 Å². The van der Waals surface area contributed by atoms with Gasteiger partial charge in [0.15, 0.2) is 0 Å². The van der Waals surface area contributed by atoms with E-state index < -0.39 is 11.3 Å². The maximum absolute atomic E-state index is 12.2. The summed E-state index contributed by atoms with van der Waals surface area (Å²) < 4.78 is 0. The molecule has 0 amide bonds. The predicted octanol–water partition coefficient (Wildman–Crippen LogP) is 6.72. The van der Waals surface area contributed by atoms with Crippen LogP contribution in [0.3, 0.4) is 0 Å². The van der Waals surface area contributed by atoms with Crippen molar-refractivity contribution < 1.29 is 10.2 Å². The van der Waals surface area contributed by atoms with E-state index >= 15 is 0 Å². The largest absolute Gasteiger partial charge is 0.380 e. The van der Waals surface area contributed by atoms with Crippen LogP contribution in [0.5, 0.6) is 0 Å². The summed E-state index contributed by atoms with van der Waals surface area (Å²) in [5.74, 6) is 0. The second kappa shape index (κ2) is 10.7. The van der Waals surface area contributed by atoms with Crippen molar-refractivity contribution >= 4 is 0 Å². The van der Waals surface area contributed by atoms with Crippen molar-refractivity contribution in [2.24, 2.45) is 0 Å². The third kappa shape index (κ3) is 5.69. The molecule has 35 heavy (non-hydrogen) atoms. The molecule has 0 aliphatic carbocycles. The highest BCUT2D eigenvalue weighted by Crippen LogP contribution is 2.39. The predicted molar refractivity (Wildman–Crippen MR) is 144 cm³/mol. The van der Waals surface area contributed by atoms with Crippen molar-refractivity contribution in [3.05, 3.63) is 107 Å². The van der Waals surface area contributed by atoms with Gasteiger partial charge in [-0.25, -0.2) is 0 Å². The minimum absolute atomic E-state index is 0.0730. The lowest BCUT2D eigenvalue weighted by Crippen LogP contribution is -2.49. The summed E-state index contributed by atoms with van der Waals surface area (Å²) in [5, 5.41) is 24.1. The molecular weight excluding hydrogens is 430 g/mol. The average Bonchev–Trinajstić information content (AvgIpc) is 2.89. The lowest BCUT2D eigenvalue weighted by Gasteiger charge is -2.43. The molecule has 1 saturated heterocycles. The Morgan fingerprint density at radius 3 is 1.57 bits per heavy atom. The first-order chi connectivity index (χ1) is 16.7. The van der Waals surface area contributed by atoms with Crippen LogP contribution in [0.25, 0.3) is 0 Å². The second-order valence-corrected chi connectivity index (χ2v) is 11.1. The average molecular weight is 472 g/mol. The highest BCUT2D eigenvalue weighted by molar-refractivity contribution is 5.36. The van der Waals surface area contributed by atoms with Crippen molar-refractivity contribution in [2.75, 3.05) is 13.1 Å². The molecule has 3 nitrogen and oxygen atoms in total. The molecule has 3 aromatic rings. The van der Waals surface area contributed by atoms with E-state index in [1.54, 1.807) is 0 Å². The Morgan fingerprint density at radius 2 is 1.09 bits per heavy atom. The van der Waals surface area contributed by atoms with Gasteiger partial charge in [0, 0.05) is 13.1 Å². The first kappa shape index (κ1) is 25.6. The highest BCUT2D eigenvalue weighted by atomic mass is 16.3. The molecule has 0 spiro atoms. The van der Waals surface area contributed by atoms with Crippen LogP contribution < -0.4 is 0 Å². The third-order valence-electron chi connectivity index (χ3n) is 7.66. The number of benzene rings is 3. The SMILES string of the molecule is CC(C)(C)c1ccc(C(O)(CCCC(O)(c2ccccc2)c2ccccc2)N2CCCCC2)cc1. The topological polar surface area (TPSA) is 43.7 Å². The molecule has 0 aromatic heterocycles. The monoisotopic (exact) mass is 471 g/mol. The normalized spacial score (nSPS) is 17.2. The van der Waals surface area contributed by atoms with Gasteiger partial charge in [0.1, 0.15) is 11.3 Å². The smallest absolute Gasteiger partial charge is 0.144 e. The Bertz CT molecular complexity index is 1010. The summed E-state index contributed by atoms with van der Waals surface area (Å²) in [7, 11) is 0. The van der Waals surface area contributed by atoms with Crippen molar-refractivity contribution in [2.45, 2.75) is 76.0 Å². The zero-order valence-electron chi connectivity index (χ0n) is 21.6. The van der Waals surface area contributed by atoms with Gasteiger partial charge in [0.2, 0.25) is 0 Å². The Labute approximate surface area is 211 Å². The molecule has 1 aliphatic heterocycles. The number of likely N-dealkylation sites (tertiary alicyclic amines) is 1. The molecule has 0 saturated carbocycles. The summed E-state index contributed by atoms with van der Waals surface area (Å²) >= 11 is 0. The van der Waals surface area contributed by atoms with Gasteiger partial charge in [-0.05, 0) is 59.8 Å². The van der Waals surface area contributed by atoms with Gasteiger partial charge in [-0.2, -0.15) is 0 Å². The Balaban J connectivity index is 1.61. The van der Waals surface area contributed by atoms with Gasteiger partial charge in [0.05, 0.1) is 0 Å². The van der Waals surface area contributed by atoms with Gasteiger partial charge < -0.3 is 10.2 Å². The first-order valence-electron chi connectivity index (χ1n) is 13.2. The van der Waals surface area contributed by atoms with E-state index in [0.29, 0.717) is 19.3 Å². The minimum Gasteiger partial charge on any atom is -0.380 e. The van der Waals surface area contributed by atoms with Gasteiger partial charge in [-0.15, -0.1) is 0 Å². The van der Waals surface area contributed by atoms with Crippen LogP contribution in [-0.2, 0) is 16.7 Å². The first-order valence-corrected chi connectivity index (χ1v) is 13.2. The number of piperidine rings is 1. The molecule has 0 radical (unpaired) electrons. The summed E-state index contributed by atoms with van der Waals surface area (Å²) in [4.78, 5) is 2.26. The van der Waals surface area contributed by atoms with E-state index in [1.165, 1.54) is 12.0 Å². The molecule has 0 bridgehead atoms. The van der Waals surface area contributed by atoms with E-state index in [4.69, 9.17) is 0 Å². The number of rotatable bonds is 8. The van der Waals surface area contributed by atoms with E-state index in [2.05, 4.69) is 49.9 Å². The van der Waals surface area contributed by atoms with Crippen LogP contribution in [0.2, 0.25) is 0 Å². The molecule has 1 heterocycles.